The van der Waals surface area contributed by atoms with E-state index < -0.39 is 18.2 Å². The molecule has 0 atom stereocenters. The Morgan fingerprint density at radius 2 is 1.04 bits per heavy atom. The molecule has 0 saturated heterocycles. The Balaban J connectivity index is 2.67. The molecule has 27 heavy (non-hydrogen) atoms. The van der Waals surface area contributed by atoms with E-state index in [1.807, 2.05) is 65.8 Å². The molecule has 3 nitrogen and oxygen atoms in total. The number of rotatable bonds is 6. The minimum Gasteiger partial charge on any atom is -0.307 e. The summed E-state index contributed by atoms with van der Waals surface area (Å²) in [4.78, 5) is 26.8. The van der Waals surface area contributed by atoms with Crippen molar-refractivity contribution in [3.63, 3.8) is 0 Å². The second-order valence-corrected chi connectivity index (χ2v) is 10.5. The van der Waals surface area contributed by atoms with E-state index in [1.165, 1.54) is 0 Å². The Morgan fingerprint density at radius 3 is 1.30 bits per heavy atom. The molecule has 0 aliphatic carbocycles. The molecule has 5 heteroatoms. The average molecular weight is 402 g/mol. The lowest BCUT2D eigenvalue weighted by Crippen LogP contribution is -2.18. The molecule has 2 aromatic carbocycles. The number of hydrogen-bond donors (Lipinski definition) is 1. The summed E-state index contributed by atoms with van der Waals surface area (Å²) in [5.41, 5.74) is 4.78. The van der Waals surface area contributed by atoms with Gasteiger partial charge in [-0.2, -0.15) is 12.6 Å². The summed E-state index contributed by atoms with van der Waals surface area (Å²) >= 11 is 4.19. The van der Waals surface area contributed by atoms with Gasteiger partial charge in [-0.3, -0.25) is 9.59 Å². The van der Waals surface area contributed by atoms with Gasteiger partial charge >= 0.3 is 0 Å². The first-order chi connectivity index (χ1) is 12.5. The smallest absolute Gasteiger partial charge is 0.229 e. The normalized spacial score (nSPS) is 11.5. The molecule has 0 aromatic heterocycles. The molecule has 0 spiro atoms. The van der Waals surface area contributed by atoms with Crippen molar-refractivity contribution < 1.29 is 14.2 Å². The van der Waals surface area contributed by atoms with E-state index in [-0.39, 0.29) is 11.9 Å². The van der Waals surface area contributed by atoms with Gasteiger partial charge < -0.3 is 4.57 Å². The highest BCUT2D eigenvalue weighted by atomic mass is 32.1. The van der Waals surface area contributed by atoms with Crippen LogP contribution in [0.1, 0.15) is 54.1 Å². The maximum absolute atomic E-state index is 13.8. The molecular weight excluding hydrogens is 375 g/mol. The molecule has 0 heterocycles. The van der Waals surface area contributed by atoms with Crippen LogP contribution in [0.2, 0.25) is 0 Å². The van der Waals surface area contributed by atoms with Gasteiger partial charge in [0.15, 0.2) is 0 Å². The van der Waals surface area contributed by atoms with Gasteiger partial charge in [0, 0.05) is 17.3 Å². The molecule has 0 amide bonds. The van der Waals surface area contributed by atoms with Gasteiger partial charge in [0.25, 0.3) is 0 Å². The van der Waals surface area contributed by atoms with Crippen molar-refractivity contribution in [1.29, 1.82) is 0 Å². The van der Waals surface area contributed by atoms with Gasteiger partial charge in [0.05, 0.1) is 0 Å². The van der Waals surface area contributed by atoms with Crippen molar-refractivity contribution in [2.75, 3.05) is 11.9 Å². The van der Waals surface area contributed by atoms with Crippen LogP contribution in [-0.2, 0) is 4.57 Å². The van der Waals surface area contributed by atoms with Crippen molar-refractivity contribution >= 4 is 30.8 Å². The fraction of sp³-hybridized carbons (Fsp3) is 0.364. The summed E-state index contributed by atoms with van der Waals surface area (Å²) in [6, 6.07) is 7.55. The zero-order chi connectivity index (χ0) is 20.5. The molecule has 2 rings (SSSR count). The predicted molar refractivity (Wildman–Crippen MR) is 116 cm³/mol. The highest BCUT2D eigenvalue weighted by Gasteiger charge is 2.42. The highest BCUT2D eigenvalue weighted by Crippen LogP contribution is 2.53. The molecule has 0 bridgehead atoms. The first kappa shape index (κ1) is 21.7. The number of carbonyl (C=O) groups excluding carboxylic acids is 2. The quantitative estimate of drug-likeness (QED) is 0.490. The lowest BCUT2D eigenvalue weighted by atomic mass is 10.0. The Labute approximate surface area is 167 Å². The summed E-state index contributed by atoms with van der Waals surface area (Å²) in [5.74, 6) is 0.211. The van der Waals surface area contributed by atoms with Crippen molar-refractivity contribution in [3.8, 4) is 0 Å². The van der Waals surface area contributed by atoms with Gasteiger partial charge in [-0.25, -0.2) is 0 Å². The van der Waals surface area contributed by atoms with Crippen LogP contribution < -0.4 is 0 Å². The van der Waals surface area contributed by atoms with Crippen LogP contribution in [0.25, 0.3) is 0 Å². The first-order valence-electron chi connectivity index (χ1n) is 8.98. The lowest BCUT2D eigenvalue weighted by molar-refractivity contribution is 0.103. The second-order valence-electron chi connectivity index (χ2n) is 7.34. The molecule has 0 N–H and O–H groups in total. The number of carbonyl (C=O) groups is 2. The second kappa shape index (κ2) is 8.16. The fourth-order valence-corrected chi connectivity index (χ4v) is 6.98. The van der Waals surface area contributed by atoms with Gasteiger partial charge in [0.1, 0.15) is 0 Å². The lowest BCUT2D eigenvalue weighted by Gasteiger charge is -2.20. The van der Waals surface area contributed by atoms with E-state index in [1.54, 1.807) is 0 Å². The fourth-order valence-electron chi connectivity index (χ4n) is 3.83. The van der Waals surface area contributed by atoms with Gasteiger partial charge in [0.2, 0.25) is 18.2 Å². The van der Waals surface area contributed by atoms with E-state index in [0.717, 1.165) is 33.4 Å². The molecule has 0 fully saturated rings. The number of aryl methyl sites for hydroxylation is 6. The molecule has 144 valence electrons. The van der Waals surface area contributed by atoms with Gasteiger partial charge in [-0.05, 0) is 69.5 Å². The van der Waals surface area contributed by atoms with E-state index in [4.69, 9.17) is 0 Å². The minimum absolute atomic E-state index is 0.0344. The van der Waals surface area contributed by atoms with E-state index in [2.05, 4.69) is 12.6 Å². The van der Waals surface area contributed by atoms with Crippen molar-refractivity contribution in [3.05, 3.63) is 68.8 Å². The standard InChI is InChI=1S/C22H27O3PS/c1-13-9-15(3)19(16(4)10-13)21(23)26(25,7-8-27)22(24)20-17(5)11-14(2)12-18(20)6/h9-12,27H,7-8H2,1-6H3. The van der Waals surface area contributed by atoms with Crippen LogP contribution in [0.4, 0.5) is 0 Å². The predicted octanol–water partition coefficient (Wildman–Crippen LogP) is 5.81. The number of thiol groups is 1. The molecule has 2 aromatic rings. The Bertz CT molecular complexity index is 856. The maximum Gasteiger partial charge on any atom is 0.229 e. The molecule has 0 aliphatic heterocycles. The van der Waals surface area contributed by atoms with Crippen LogP contribution in [0.3, 0.4) is 0 Å². The monoisotopic (exact) mass is 402 g/mol. The molecular formula is C22H27O3PS. The zero-order valence-electron chi connectivity index (χ0n) is 16.8. The van der Waals surface area contributed by atoms with Crippen molar-refractivity contribution in [1.82, 2.24) is 0 Å². The minimum atomic E-state index is -3.84. The Morgan fingerprint density at radius 1 is 0.741 bits per heavy atom. The van der Waals surface area contributed by atoms with Crippen LogP contribution in [0.5, 0.6) is 0 Å². The van der Waals surface area contributed by atoms with Crippen LogP contribution in [0, 0.1) is 41.5 Å². The first-order valence-corrected chi connectivity index (χ1v) is 11.5. The topological polar surface area (TPSA) is 51.2 Å². The average Bonchev–Trinajstić information content (AvgIpc) is 2.52. The van der Waals surface area contributed by atoms with Crippen LogP contribution >= 0.6 is 19.8 Å². The van der Waals surface area contributed by atoms with Crippen molar-refractivity contribution in [2.24, 2.45) is 0 Å². The van der Waals surface area contributed by atoms with Gasteiger partial charge in [-0.1, -0.05) is 35.4 Å². The molecule has 0 saturated carbocycles. The summed E-state index contributed by atoms with van der Waals surface area (Å²) in [6.07, 6.45) is -0.0344. The summed E-state index contributed by atoms with van der Waals surface area (Å²) in [5, 5.41) is 0. The molecule has 0 radical (unpaired) electrons. The van der Waals surface area contributed by atoms with Crippen LogP contribution in [0.15, 0.2) is 24.3 Å². The molecule has 0 aliphatic rings. The summed E-state index contributed by atoms with van der Waals surface area (Å²) < 4.78 is 13.8. The Hall–Kier alpha value is -1.64. The van der Waals surface area contributed by atoms with E-state index >= 15 is 0 Å². The third-order valence-corrected chi connectivity index (χ3v) is 8.04. The van der Waals surface area contributed by atoms with E-state index in [0.29, 0.717) is 11.1 Å². The third kappa shape index (κ3) is 4.12. The molecule has 0 unspecified atom stereocenters. The van der Waals surface area contributed by atoms with Gasteiger partial charge in [-0.15, -0.1) is 0 Å². The summed E-state index contributed by atoms with van der Waals surface area (Å²) in [6.45, 7) is 11.2. The zero-order valence-corrected chi connectivity index (χ0v) is 18.6. The number of hydrogen-bond acceptors (Lipinski definition) is 4. The maximum atomic E-state index is 13.8. The van der Waals surface area contributed by atoms with E-state index in [9.17, 15) is 14.2 Å². The summed E-state index contributed by atoms with van der Waals surface area (Å²) in [7, 11) is -3.84. The highest BCUT2D eigenvalue weighted by molar-refractivity contribution is 7.96. The van der Waals surface area contributed by atoms with Crippen LogP contribution in [-0.4, -0.2) is 23.0 Å². The SMILES string of the molecule is Cc1cc(C)c(C(=O)P(=O)(CCS)C(=O)c2c(C)cc(C)cc2C)c(C)c1. The Kier molecular flexibility index (Phi) is 6.55. The van der Waals surface area contributed by atoms with Crippen molar-refractivity contribution in [2.45, 2.75) is 41.5 Å². The number of benzene rings is 2. The largest absolute Gasteiger partial charge is 0.307 e. The third-order valence-electron chi connectivity index (χ3n) is 4.85.